The van der Waals surface area contributed by atoms with Gasteiger partial charge in [-0.2, -0.15) is 0 Å². The number of nitrogens with one attached hydrogen (secondary N) is 1. The Labute approximate surface area is 133 Å². The number of hydrogen-bond acceptors (Lipinski definition) is 3. The number of furan rings is 1. The molecule has 0 aliphatic rings. The molecule has 6 heteroatoms. The zero-order valence-electron chi connectivity index (χ0n) is 12.6. The second-order valence-corrected chi connectivity index (χ2v) is 6.33. The highest BCUT2D eigenvalue weighted by Crippen LogP contribution is 2.25. The van der Waals surface area contributed by atoms with Gasteiger partial charge in [-0.1, -0.05) is 25.4 Å². The molecule has 5 nitrogen and oxygen atoms in total. The quantitative estimate of drug-likeness (QED) is 0.879. The lowest BCUT2D eigenvalue weighted by molar-refractivity contribution is -0.138. The Hall–Kier alpha value is -2.01. The van der Waals surface area contributed by atoms with Gasteiger partial charge in [-0.15, -0.1) is 0 Å². The number of amides is 1. The van der Waals surface area contributed by atoms with E-state index in [0.29, 0.717) is 10.6 Å². The fourth-order valence-electron chi connectivity index (χ4n) is 2.15. The molecule has 0 aliphatic carbocycles. The Balaban J connectivity index is 2.27. The van der Waals surface area contributed by atoms with Gasteiger partial charge in [0.25, 0.3) is 5.91 Å². The molecular weight excluding hydrogens is 306 g/mol. The minimum Gasteiger partial charge on any atom is -0.481 e. The average molecular weight is 324 g/mol. The van der Waals surface area contributed by atoms with Crippen LogP contribution in [0.3, 0.4) is 0 Å². The van der Waals surface area contributed by atoms with Crippen molar-refractivity contribution in [3.05, 3.63) is 35.0 Å². The maximum absolute atomic E-state index is 12.4. The van der Waals surface area contributed by atoms with E-state index in [-0.39, 0.29) is 18.1 Å². The van der Waals surface area contributed by atoms with E-state index < -0.39 is 17.4 Å². The summed E-state index contributed by atoms with van der Waals surface area (Å²) in [5.74, 6) is -1.32. The maximum Gasteiger partial charge on any atom is 0.305 e. The normalized spacial score (nSPS) is 14.0. The SMILES string of the molecule is CC(C)C(C)(CC(=O)O)NC(=O)c1cc2cc(Cl)ccc2o1. The molecule has 1 aromatic carbocycles. The zero-order chi connectivity index (χ0) is 16.5. The topological polar surface area (TPSA) is 79.5 Å². The van der Waals surface area contributed by atoms with Crippen molar-refractivity contribution in [2.24, 2.45) is 5.92 Å². The van der Waals surface area contributed by atoms with Crippen molar-refractivity contribution in [2.75, 3.05) is 0 Å². The van der Waals surface area contributed by atoms with Crippen LogP contribution >= 0.6 is 11.6 Å². The summed E-state index contributed by atoms with van der Waals surface area (Å²) >= 11 is 5.91. The van der Waals surface area contributed by atoms with Gasteiger partial charge in [0.1, 0.15) is 5.58 Å². The molecule has 0 saturated carbocycles. The molecule has 22 heavy (non-hydrogen) atoms. The molecule has 2 N–H and O–H groups in total. The molecule has 1 atom stereocenters. The molecule has 0 saturated heterocycles. The van der Waals surface area contributed by atoms with Gasteiger partial charge in [-0.25, -0.2) is 0 Å². The van der Waals surface area contributed by atoms with E-state index in [9.17, 15) is 9.59 Å². The van der Waals surface area contributed by atoms with Crippen molar-refractivity contribution in [3.8, 4) is 0 Å². The third-order valence-electron chi connectivity index (χ3n) is 3.89. The summed E-state index contributed by atoms with van der Waals surface area (Å²) < 4.78 is 5.50. The van der Waals surface area contributed by atoms with Crippen molar-refractivity contribution >= 4 is 34.4 Å². The van der Waals surface area contributed by atoms with Crippen molar-refractivity contribution in [3.63, 3.8) is 0 Å². The van der Waals surface area contributed by atoms with E-state index in [4.69, 9.17) is 21.1 Å². The first-order valence-electron chi connectivity index (χ1n) is 6.94. The van der Waals surface area contributed by atoms with Gasteiger partial charge in [0, 0.05) is 10.4 Å². The molecule has 0 aliphatic heterocycles. The molecule has 1 unspecified atom stereocenters. The van der Waals surface area contributed by atoms with Crippen LogP contribution in [0.2, 0.25) is 5.02 Å². The summed E-state index contributed by atoms with van der Waals surface area (Å²) in [6.07, 6.45) is -0.164. The van der Waals surface area contributed by atoms with E-state index >= 15 is 0 Å². The minimum atomic E-state index is -0.965. The fourth-order valence-corrected chi connectivity index (χ4v) is 2.33. The Morgan fingerprint density at radius 3 is 2.64 bits per heavy atom. The summed E-state index contributed by atoms with van der Waals surface area (Å²) in [6.45, 7) is 5.44. The zero-order valence-corrected chi connectivity index (χ0v) is 13.4. The number of carboxylic acid groups (broad SMARTS) is 1. The molecule has 2 rings (SSSR count). The summed E-state index contributed by atoms with van der Waals surface area (Å²) in [6, 6.07) is 6.67. The summed E-state index contributed by atoms with van der Waals surface area (Å²) in [7, 11) is 0. The predicted molar refractivity (Wildman–Crippen MR) is 84.2 cm³/mol. The molecule has 0 spiro atoms. The molecule has 1 amide bonds. The highest BCUT2D eigenvalue weighted by Gasteiger charge is 2.33. The Kier molecular flexibility index (Phi) is 4.47. The minimum absolute atomic E-state index is 0.0497. The number of benzene rings is 1. The molecular formula is C16H18ClNO4. The summed E-state index contributed by atoms with van der Waals surface area (Å²) in [4.78, 5) is 23.4. The highest BCUT2D eigenvalue weighted by molar-refractivity contribution is 6.31. The van der Waals surface area contributed by atoms with Crippen molar-refractivity contribution in [1.29, 1.82) is 0 Å². The Bertz CT molecular complexity index is 722. The largest absolute Gasteiger partial charge is 0.481 e. The second-order valence-electron chi connectivity index (χ2n) is 5.89. The molecule has 0 fully saturated rings. The molecule has 118 valence electrons. The third kappa shape index (κ3) is 3.42. The van der Waals surface area contributed by atoms with Gasteiger partial charge in [0.15, 0.2) is 5.76 Å². The van der Waals surface area contributed by atoms with E-state index in [2.05, 4.69) is 5.32 Å². The van der Waals surface area contributed by atoms with Gasteiger partial charge in [0.05, 0.1) is 12.0 Å². The first-order chi connectivity index (χ1) is 10.2. The Morgan fingerprint density at radius 1 is 1.36 bits per heavy atom. The standard InChI is InChI=1S/C16H18ClNO4/c1-9(2)16(3,8-14(19)20)18-15(21)13-7-10-6-11(17)4-5-12(10)22-13/h4-7,9H,8H2,1-3H3,(H,18,21)(H,19,20). The lowest BCUT2D eigenvalue weighted by atomic mass is 9.85. The number of halogens is 1. The van der Waals surface area contributed by atoms with Gasteiger partial charge in [0.2, 0.25) is 0 Å². The number of hydrogen-bond donors (Lipinski definition) is 2. The van der Waals surface area contributed by atoms with Crippen molar-refractivity contribution < 1.29 is 19.1 Å². The van der Waals surface area contributed by atoms with E-state index in [1.807, 2.05) is 13.8 Å². The van der Waals surface area contributed by atoms with Crippen LogP contribution in [0, 0.1) is 5.92 Å². The highest BCUT2D eigenvalue weighted by atomic mass is 35.5. The third-order valence-corrected chi connectivity index (χ3v) is 4.13. The smallest absolute Gasteiger partial charge is 0.305 e. The second kappa shape index (κ2) is 6.01. The van der Waals surface area contributed by atoms with E-state index in [0.717, 1.165) is 5.39 Å². The van der Waals surface area contributed by atoms with Crippen LogP contribution in [0.1, 0.15) is 37.7 Å². The van der Waals surface area contributed by atoms with Gasteiger partial charge in [-0.3, -0.25) is 9.59 Å². The number of carboxylic acids is 1. The van der Waals surface area contributed by atoms with E-state index in [1.165, 1.54) is 0 Å². The van der Waals surface area contributed by atoms with Crippen LogP contribution < -0.4 is 5.32 Å². The van der Waals surface area contributed by atoms with Crippen LogP contribution in [0.5, 0.6) is 0 Å². The number of carbonyl (C=O) groups is 2. The lowest BCUT2D eigenvalue weighted by Gasteiger charge is -2.33. The number of rotatable bonds is 5. The van der Waals surface area contributed by atoms with Gasteiger partial charge in [-0.05, 0) is 37.1 Å². The fraction of sp³-hybridized carbons (Fsp3) is 0.375. The monoisotopic (exact) mass is 323 g/mol. The molecule has 1 heterocycles. The number of carbonyl (C=O) groups excluding carboxylic acids is 1. The number of fused-ring (bicyclic) bond motifs is 1. The van der Waals surface area contributed by atoms with Gasteiger partial charge < -0.3 is 14.8 Å². The molecule has 1 aromatic heterocycles. The van der Waals surface area contributed by atoms with Crippen LogP contribution in [0.25, 0.3) is 11.0 Å². The molecule has 0 bridgehead atoms. The average Bonchev–Trinajstić information content (AvgIpc) is 2.80. The molecule has 0 radical (unpaired) electrons. The van der Waals surface area contributed by atoms with Crippen LogP contribution in [0.4, 0.5) is 0 Å². The van der Waals surface area contributed by atoms with Crippen LogP contribution in [-0.2, 0) is 4.79 Å². The van der Waals surface area contributed by atoms with Crippen LogP contribution in [0.15, 0.2) is 28.7 Å². The lowest BCUT2D eigenvalue weighted by Crippen LogP contribution is -2.51. The summed E-state index contributed by atoms with van der Waals surface area (Å²) in [5, 5.41) is 13.1. The number of aliphatic carboxylic acids is 1. The van der Waals surface area contributed by atoms with E-state index in [1.54, 1.807) is 31.2 Å². The van der Waals surface area contributed by atoms with Crippen molar-refractivity contribution in [2.45, 2.75) is 32.7 Å². The van der Waals surface area contributed by atoms with Gasteiger partial charge >= 0.3 is 5.97 Å². The first-order valence-corrected chi connectivity index (χ1v) is 7.32. The Morgan fingerprint density at radius 2 is 2.05 bits per heavy atom. The van der Waals surface area contributed by atoms with Crippen LogP contribution in [-0.4, -0.2) is 22.5 Å². The summed E-state index contributed by atoms with van der Waals surface area (Å²) in [5.41, 5.74) is -0.307. The maximum atomic E-state index is 12.4. The first kappa shape index (κ1) is 16.4. The van der Waals surface area contributed by atoms with Crippen molar-refractivity contribution in [1.82, 2.24) is 5.32 Å². The molecule has 2 aromatic rings. The predicted octanol–water partition coefficient (Wildman–Crippen LogP) is 3.71.